The van der Waals surface area contributed by atoms with Gasteiger partial charge in [-0.05, 0) is 43.9 Å². The van der Waals surface area contributed by atoms with Crippen LogP contribution in [0.15, 0.2) is 30.5 Å². The van der Waals surface area contributed by atoms with Gasteiger partial charge in [0, 0.05) is 23.5 Å². The molecule has 2 aromatic rings. The van der Waals surface area contributed by atoms with Crippen LogP contribution in [-0.4, -0.2) is 64.5 Å². The van der Waals surface area contributed by atoms with E-state index in [-0.39, 0.29) is 24.3 Å². The van der Waals surface area contributed by atoms with E-state index in [1.165, 1.54) is 0 Å². The molecular weight excluding hydrogens is 438 g/mol. The average Bonchev–Trinajstić information content (AvgIpc) is 3.47. The van der Waals surface area contributed by atoms with Crippen LogP contribution in [0, 0.1) is 5.92 Å². The number of aromatic amines is 1. The number of rotatable bonds is 10. The van der Waals surface area contributed by atoms with Crippen LogP contribution in [0.5, 0.6) is 0 Å². The summed E-state index contributed by atoms with van der Waals surface area (Å²) in [5.41, 5.74) is 1.69. The number of benzene rings is 1. The van der Waals surface area contributed by atoms with Crippen LogP contribution in [0.2, 0.25) is 0 Å². The monoisotopic (exact) mass is 471 g/mol. The zero-order valence-electron chi connectivity index (χ0n) is 19.7. The maximum Gasteiger partial charge on any atom is 0.326 e. The van der Waals surface area contributed by atoms with E-state index in [2.05, 4.69) is 26.3 Å². The molecular formula is C24H33N5O5. The number of carbonyl (C=O) groups excluding carboxylic acids is 3. The van der Waals surface area contributed by atoms with Crippen LogP contribution in [0.3, 0.4) is 0 Å². The van der Waals surface area contributed by atoms with Crippen molar-refractivity contribution in [2.75, 3.05) is 6.54 Å². The van der Waals surface area contributed by atoms with Gasteiger partial charge in [0.05, 0.1) is 6.04 Å². The lowest BCUT2D eigenvalue weighted by Gasteiger charge is -2.25. The maximum atomic E-state index is 13.1. The van der Waals surface area contributed by atoms with Gasteiger partial charge in [-0.2, -0.15) is 0 Å². The summed E-state index contributed by atoms with van der Waals surface area (Å²) < 4.78 is 0. The Kier molecular flexibility index (Phi) is 8.27. The van der Waals surface area contributed by atoms with Crippen molar-refractivity contribution in [1.82, 2.24) is 26.3 Å². The molecule has 1 aliphatic rings. The van der Waals surface area contributed by atoms with E-state index in [1.807, 2.05) is 24.3 Å². The number of para-hydroxylation sites is 1. The first-order valence-electron chi connectivity index (χ1n) is 11.6. The standard InChI is InChI=1S/C24H33N5O5/c1-13(2)20(24(33)34)29-23(32)19(11-15-12-26-17-8-5-4-7-16(15)17)28-21(30)14(3)27-22(31)18-9-6-10-25-18/h4-5,7-8,12-14,18-20,25-26H,6,9-11H2,1-3H3,(H,27,31)(H,28,30)(H,29,32)(H,33,34). The number of nitrogens with one attached hydrogen (secondary N) is 5. The van der Waals surface area contributed by atoms with Crippen LogP contribution in [0.1, 0.15) is 39.2 Å². The largest absolute Gasteiger partial charge is 0.480 e. The Morgan fingerprint density at radius 1 is 1.06 bits per heavy atom. The molecule has 3 amide bonds. The Hall–Kier alpha value is -3.40. The summed E-state index contributed by atoms with van der Waals surface area (Å²) in [6, 6.07) is 4.25. The summed E-state index contributed by atoms with van der Waals surface area (Å²) in [7, 11) is 0. The van der Waals surface area contributed by atoms with Crippen molar-refractivity contribution in [3.05, 3.63) is 36.0 Å². The number of hydrogen-bond acceptors (Lipinski definition) is 5. The summed E-state index contributed by atoms with van der Waals surface area (Å²) in [4.78, 5) is 53.1. The molecule has 0 aliphatic carbocycles. The molecule has 184 valence electrons. The predicted molar refractivity (Wildman–Crippen MR) is 127 cm³/mol. The van der Waals surface area contributed by atoms with Gasteiger partial charge < -0.3 is 31.4 Å². The number of aliphatic carboxylic acids is 1. The second kappa shape index (κ2) is 11.1. The van der Waals surface area contributed by atoms with Gasteiger partial charge in [-0.15, -0.1) is 0 Å². The van der Waals surface area contributed by atoms with E-state index in [0.29, 0.717) is 6.42 Å². The Morgan fingerprint density at radius 2 is 1.79 bits per heavy atom. The molecule has 0 radical (unpaired) electrons. The highest BCUT2D eigenvalue weighted by atomic mass is 16.4. The molecule has 1 aliphatic heterocycles. The van der Waals surface area contributed by atoms with Gasteiger partial charge in [-0.1, -0.05) is 32.0 Å². The van der Waals surface area contributed by atoms with Gasteiger partial charge in [0.1, 0.15) is 18.1 Å². The molecule has 4 atom stereocenters. The molecule has 1 aromatic heterocycles. The minimum absolute atomic E-state index is 0.150. The normalized spacial score (nSPS) is 18.3. The second-order valence-corrected chi connectivity index (χ2v) is 9.07. The third-order valence-corrected chi connectivity index (χ3v) is 6.09. The van der Waals surface area contributed by atoms with Crippen LogP contribution in [-0.2, 0) is 25.6 Å². The summed E-state index contributed by atoms with van der Waals surface area (Å²) in [6.07, 6.45) is 3.52. The average molecular weight is 472 g/mol. The van der Waals surface area contributed by atoms with Crippen LogP contribution >= 0.6 is 0 Å². The maximum absolute atomic E-state index is 13.1. The number of hydrogen-bond donors (Lipinski definition) is 6. The minimum atomic E-state index is -1.15. The first-order valence-corrected chi connectivity index (χ1v) is 11.6. The van der Waals surface area contributed by atoms with E-state index in [1.54, 1.807) is 27.0 Å². The predicted octanol–water partition coefficient (Wildman–Crippen LogP) is 0.677. The van der Waals surface area contributed by atoms with E-state index in [9.17, 15) is 24.3 Å². The Morgan fingerprint density at radius 3 is 2.44 bits per heavy atom. The van der Waals surface area contributed by atoms with Crippen molar-refractivity contribution in [3.8, 4) is 0 Å². The molecule has 1 fully saturated rings. The van der Waals surface area contributed by atoms with Crippen molar-refractivity contribution in [1.29, 1.82) is 0 Å². The quantitative estimate of drug-likeness (QED) is 0.300. The summed E-state index contributed by atoms with van der Waals surface area (Å²) >= 11 is 0. The Labute approximate surface area is 198 Å². The highest BCUT2D eigenvalue weighted by molar-refractivity contribution is 5.94. The summed E-state index contributed by atoms with van der Waals surface area (Å²) in [6.45, 7) is 5.70. The number of aromatic nitrogens is 1. The fourth-order valence-electron chi connectivity index (χ4n) is 4.08. The minimum Gasteiger partial charge on any atom is -0.480 e. The van der Waals surface area contributed by atoms with Crippen molar-refractivity contribution >= 4 is 34.6 Å². The molecule has 0 bridgehead atoms. The molecule has 0 spiro atoms. The van der Waals surface area contributed by atoms with E-state index < -0.39 is 35.9 Å². The molecule has 2 heterocycles. The smallest absolute Gasteiger partial charge is 0.326 e. The number of H-pyrrole nitrogens is 1. The zero-order chi connectivity index (χ0) is 24.8. The SMILES string of the molecule is CC(NC(=O)C1CCCN1)C(=O)NC(Cc1c[nH]c2ccccc12)C(=O)NC(C(=O)O)C(C)C. The van der Waals surface area contributed by atoms with Gasteiger partial charge >= 0.3 is 5.97 Å². The van der Waals surface area contributed by atoms with Crippen molar-refractivity contribution in [2.24, 2.45) is 5.92 Å². The third-order valence-electron chi connectivity index (χ3n) is 6.09. The van der Waals surface area contributed by atoms with Crippen LogP contribution in [0.4, 0.5) is 0 Å². The van der Waals surface area contributed by atoms with E-state index in [4.69, 9.17) is 0 Å². The van der Waals surface area contributed by atoms with Gasteiger partial charge in [0.25, 0.3) is 0 Å². The zero-order valence-corrected chi connectivity index (χ0v) is 19.7. The van der Waals surface area contributed by atoms with Gasteiger partial charge in [-0.25, -0.2) is 4.79 Å². The van der Waals surface area contributed by atoms with Crippen molar-refractivity contribution < 1.29 is 24.3 Å². The van der Waals surface area contributed by atoms with Gasteiger partial charge in [0.15, 0.2) is 0 Å². The highest BCUT2D eigenvalue weighted by Crippen LogP contribution is 2.19. The molecule has 0 saturated carbocycles. The van der Waals surface area contributed by atoms with Gasteiger partial charge in [0.2, 0.25) is 17.7 Å². The first-order chi connectivity index (χ1) is 16.2. The second-order valence-electron chi connectivity index (χ2n) is 9.07. The third kappa shape index (κ3) is 6.13. The van der Waals surface area contributed by atoms with Crippen LogP contribution in [0.25, 0.3) is 10.9 Å². The van der Waals surface area contributed by atoms with Crippen molar-refractivity contribution in [2.45, 2.75) is 64.2 Å². The molecule has 34 heavy (non-hydrogen) atoms. The van der Waals surface area contributed by atoms with Crippen molar-refractivity contribution in [3.63, 3.8) is 0 Å². The number of amides is 3. The first kappa shape index (κ1) is 25.2. The number of fused-ring (bicyclic) bond motifs is 1. The number of carboxylic acid groups (broad SMARTS) is 1. The molecule has 10 heteroatoms. The molecule has 10 nitrogen and oxygen atoms in total. The van der Waals surface area contributed by atoms with Crippen LogP contribution < -0.4 is 21.3 Å². The fourth-order valence-corrected chi connectivity index (χ4v) is 4.08. The number of carbonyl (C=O) groups is 4. The molecule has 3 rings (SSSR count). The van der Waals surface area contributed by atoms with E-state index in [0.717, 1.165) is 29.4 Å². The Bertz CT molecular complexity index is 1040. The molecule has 1 aromatic carbocycles. The fraction of sp³-hybridized carbons (Fsp3) is 0.500. The summed E-state index contributed by atoms with van der Waals surface area (Å²) in [5, 5.41) is 21.4. The number of carboxylic acids is 1. The lowest BCUT2D eigenvalue weighted by molar-refractivity contribution is -0.143. The highest BCUT2D eigenvalue weighted by Gasteiger charge is 2.31. The molecule has 1 saturated heterocycles. The lowest BCUT2D eigenvalue weighted by Crippen LogP contribution is -2.57. The van der Waals surface area contributed by atoms with Gasteiger partial charge in [-0.3, -0.25) is 14.4 Å². The molecule has 4 unspecified atom stereocenters. The summed E-state index contributed by atoms with van der Waals surface area (Å²) in [5.74, 6) is -2.88. The van der Waals surface area contributed by atoms with E-state index >= 15 is 0 Å². The topological polar surface area (TPSA) is 152 Å². The lowest BCUT2D eigenvalue weighted by atomic mass is 10.0. The Balaban J connectivity index is 1.76. The molecule has 6 N–H and O–H groups in total.